The van der Waals surface area contributed by atoms with Gasteiger partial charge in [0.05, 0.1) is 17.7 Å². The van der Waals surface area contributed by atoms with Gasteiger partial charge in [-0.25, -0.2) is 9.59 Å². The van der Waals surface area contributed by atoms with E-state index in [0.717, 1.165) is 10.9 Å². The van der Waals surface area contributed by atoms with E-state index in [-0.39, 0.29) is 18.1 Å². The van der Waals surface area contributed by atoms with Crippen molar-refractivity contribution in [1.29, 1.82) is 0 Å². The lowest BCUT2D eigenvalue weighted by molar-refractivity contribution is 0.0527. The molecule has 0 saturated carbocycles. The number of aromatic nitrogens is 1. The molecule has 2 heterocycles. The average molecular weight is 502 g/mol. The molecular formula is C21H28BrNO6S. The Hall–Kier alpha value is -1.55. The smallest absolute Gasteiger partial charge is 0.419 e. The number of hydrogen-bond donors (Lipinski definition) is 2. The van der Waals surface area contributed by atoms with Gasteiger partial charge >= 0.3 is 12.1 Å². The Bertz CT molecular complexity index is 968. The van der Waals surface area contributed by atoms with E-state index in [9.17, 15) is 18.7 Å². The second kappa shape index (κ2) is 8.53. The van der Waals surface area contributed by atoms with Gasteiger partial charge in [-0.3, -0.25) is 13.7 Å². The maximum atomic E-state index is 13.0. The van der Waals surface area contributed by atoms with Crippen LogP contribution in [-0.2, 0) is 9.47 Å². The van der Waals surface area contributed by atoms with Gasteiger partial charge in [-0.2, -0.15) is 10.6 Å². The van der Waals surface area contributed by atoms with Crippen molar-refractivity contribution in [2.45, 2.75) is 52.1 Å². The molecule has 0 atom stereocenters. The maximum absolute atomic E-state index is 13.0. The number of carbonyl (C=O) groups excluding carboxylic acids is 2. The first-order valence-electron chi connectivity index (χ1n) is 9.90. The Morgan fingerprint density at radius 1 is 1.23 bits per heavy atom. The number of esters is 1. The largest absolute Gasteiger partial charge is 0.462 e. The third-order valence-electron chi connectivity index (χ3n) is 5.01. The number of halogens is 1. The summed E-state index contributed by atoms with van der Waals surface area (Å²) in [5, 5.41) is 0.752. The number of benzene rings is 1. The van der Waals surface area contributed by atoms with E-state index < -0.39 is 28.3 Å². The molecular weight excluding hydrogens is 474 g/mol. The fraction of sp³-hybridized carbons (Fsp3) is 0.524. The normalized spacial score (nSPS) is 18.2. The first kappa shape index (κ1) is 23.1. The highest BCUT2D eigenvalue weighted by molar-refractivity contribution is 9.10. The van der Waals surface area contributed by atoms with Crippen molar-refractivity contribution in [3.63, 3.8) is 0 Å². The zero-order valence-electron chi connectivity index (χ0n) is 17.6. The summed E-state index contributed by atoms with van der Waals surface area (Å²) in [6.07, 6.45) is 2.33. The Balaban J connectivity index is 2.18. The molecule has 7 nitrogen and oxygen atoms in total. The summed E-state index contributed by atoms with van der Waals surface area (Å²) in [7, 11) is -2.53. The molecule has 30 heavy (non-hydrogen) atoms. The van der Waals surface area contributed by atoms with Gasteiger partial charge in [-0.05, 0) is 64.2 Å². The molecule has 9 heteroatoms. The summed E-state index contributed by atoms with van der Waals surface area (Å²) in [5.41, 5.74) is 0.906. The summed E-state index contributed by atoms with van der Waals surface area (Å²) >= 11 is 3.46. The Morgan fingerprint density at radius 3 is 2.43 bits per heavy atom. The molecule has 166 valence electrons. The molecule has 1 aliphatic heterocycles. The first-order valence-corrected chi connectivity index (χ1v) is 12.6. The van der Waals surface area contributed by atoms with Gasteiger partial charge in [0.25, 0.3) is 0 Å². The first-order chi connectivity index (χ1) is 13.9. The van der Waals surface area contributed by atoms with Gasteiger partial charge in [0.2, 0.25) is 0 Å². The highest BCUT2D eigenvalue weighted by atomic mass is 79.9. The predicted octanol–water partition coefficient (Wildman–Crippen LogP) is 5.99. The van der Waals surface area contributed by atoms with Gasteiger partial charge in [-0.1, -0.05) is 15.9 Å². The van der Waals surface area contributed by atoms with Crippen LogP contribution in [0.25, 0.3) is 10.9 Å². The zero-order valence-corrected chi connectivity index (χ0v) is 20.0. The summed E-state index contributed by atoms with van der Waals surface area (Å²) in [5.74, 6) is 0.182. The van der Waals surface area contributed by atoms with Gasteiger partial charge in [0.15, 0.2) is 0 Å². The van der Waals surface area contributed by atoms with E-state index in [1.165, 1.54) is 4.57 Å². The second-order valence-corrected chi connectivity index (χ2v) is 11.8. The minimum Gasteiger partial charge on any atom is -0.462 e. The molecule has 1 aromatic heterocycles. The molecule has 1 saturated heterocycles. The van der Waals surface area contributed by atoms with Crippen molar-refractivity contribution in [2.24, 2.45) is 0 Å². The van der Waals surface area contributed by atoms with Crippen molar-refractivity contribution in [3.8, 4) is 0 Å². The van der Waals surface area contributed by atoms with Crippen molar-refractivity contribution in [1.82, 2.24) is 4.57 Å². The predicted molar refractivity (Wildman–Crippen MR) is 122 cm³/mol. The van der Waals surface area contributed by atoms with Crippen LogP contribution in [0.1, 0.15) is 62.4 Å². The van der Waals surface area contributed by atoms with Crippen molar-refractivity contribution in [3.05, 3.63) is 33.9 Å². The minimum atomic E-state index is -2.53. The second-order valence-electron chi connectivity index (χ2n) is 8.49. The summed E-state index contributed by atoms with van der Waals surface area (Å²) in [6.45, 7) is 7.30. The third kappa shape index (κ3) is 5.01. The van der Waals surface area contributed by atoms with Crippen LogP contribution < -0.4 is 0 Å². The zero-order chi connectivity index (χ0) is 22.3. The van der Waals surface area contributed by atoms with Crippen LogP contribution in [0, 0.1) is 0 Å². The summed E-state index contributed by atoms with van der Waals surface area (Å²) < 4.78 is 32.8. The highest BCUT2D eigenvalue weighted by Gasteiger charge is 2.31. The van der Waals surface area contributed by atoms with E-state index in [1.54, 1.807) is 40.0 Å². The van der Waals surface area contributed by atoms with Crippen molar-refractivity contribution in [2.75, 3.05) is 18.1 Å². The highest BCUT2D eigenvalue weighted by Crippen LogP contribution is 2.49. The number of hydrogen-bond acceptors (Lipinski definition) is 6. The quantitative estimate of drug-likeness (QED) is 0.501. The number of nitrogens with zero attached hydrogens (tertiary/aromatic N) is 1. The Labute approximate surface area is 186 Å². The maximum Gasteiger partial charge on any atom is 0.419 e. The summed E-state index contributed by atoms with van der Waals surface area (Å²) in [6, 6.07) is 3.52. The van der Waals surface area contributed by atoms with E-state index >= 15 is 0 Å². The van der Waals surface area contributed by atoms with Crippen LogP contribution in [0.2, 0.25) is 0 Å². The third-order valence-corrected chi connectivity index (χ3v) is 7.24. The monoisotopic (exact) mass is 501 g/mol. The van der Waals surface area contributed by atoms with Crippen LogP contribution >= 0.6 is 26.5 Å². The molecule has 2 N–H and O–H groups in total. The van der Waals surface area contributed by atoms with Crippen LogP contribution in [0.5, 0.6) is 0 Å². The molecule has 1 fully saturated rings. The molecule has 0 radical (unpaired) electrons. The van der Waals surface area contributed by atoms with E-state index in [2.05, 4.69) is 15.9 Å². The number of ether oxygens (including phenoxy) is 2. The molecule has 1 aromatic carbocycles. The lowest BCUT2D eigenvalue weighted by Crippen LogP contribution is -2.27. The number of carbonyl (C=O) groups is 2. The van der Waals surface area contributed by atoms with Gasteiger partial charge in [0.1, 0.15) is 5.60 Å². The van der Waals surface area contributed by atoms with Gasteiger partial charge in [0, 0.05) is 27.6 Å². The SMILES string of the molecule is CCOC(=O)c1cc(Br)cc2c(C3CCS(O)(O)CC3)cn(C(=O)OC(C)(C)C)c12. The minimum absolute atomic E-state index is 0.0421. The molecule has 0 spiro atoms. The van der Waals surface area contributed by atoms with Crippen LogP contribution in [0.4, 0.5) is 4.79 Å². The lowest BCUT2D eigenvalue weighted by Gasteiger charge is -2.39. The Kier molecular flexibility index (Phi) is 6.57. The van der Waals surface area contributed by atoms with Crippen molar-refractivity contribution < 1.29 is 28.2 Å². The standard InChI is InChI=1S/C21H28BrNO6S/c1-5-28-19(24)16-11-14(22)10-15-17(13-6-8-30(26,27)9-7-13)12-23(18(15)16)20(25)29-21(2,3)4/h10-13,26-27H,5-9H2,1-4H3. The van der Waals surface area contributed by atoms with E-state index in [1.807, 2.05) is 6.07 Å². The number of rotatable bonds is 3. The average Bonchev–Trinajstić information content (AvgIpc) is 2.99. The molecule has 2 aromatic rings. The molecule has 1 aliphatic rings. The van der Waals surface area contributed by atoms with Crippen LogP contribution in [0.3, 0.4) is 0 Å². The molecule has 3 rings (SSSR count). The topological polar surface area (TPSA) is 98.0 Å². The molecule has 0 amide bonds. The number of fused-ring (bicyclic) bond motifs is 1. The lowest BCUT2D eigenvalue weighted by atomic mass is 9.92. The van der Waals surface area contributed by atoms with E-state index in [4.69, 9.17) is 9.47 Å². The van der Waals surface area contributed by atoms with Gasteiger partial charge in [-0.15, -0.1) is 0 Å². The summed E-state index contributed by atoms with van der Waals surface area (Å²) in [4.78, 5) is 25.7. The van der Waals surface area contributed by atoms with Crippen LogP contribution in [-0.4, -0.2) is 49.4 Å². The van der Waals surface area contributed by atoms with Crippen LogP contribution in [0.15, 0.2) is 22.8 Å². The fourth-order valence-electron chi connectivity index (χ4n) is 3.72. The molecule has 0 bridgehead atoms. The molecule has 0 aliphatic carbocycles. The fourth-order valence-corrected chi connectivity index (χ4v) is 5.70. The Morgan fingerprint density at radius 2 is 1.87 bits per heavy atom. The van der Waals surface area contributed by atoms with Gasteiger partial charge < -0.3 is 9.47 Å². The van der Waals surface area contributed by atoms with E-state index in [0.29, 0.717) is 34.3 Å². The molecule has 0 unspecified atom stereocenters. The van der Waals surface area contributed by atoms with Crippen molar-refractivity contribution >= 4 is 49.5 Å².